The topological polar surface area (TPSA) is 20.7 Å². The molecule has 0 spiro atoms. The smallest absolute Gasteiger partial charge is 0.337 e. The van der Waals surface area contributed by atoms with E-state index < -0.39 is 11.7 Å². The van der Waals surface area contributed by atoms with Crippen molar-refractivity contribution in [1.82, 2.24) is 9.55 Å². The molecule has 0 amide bonds. The van der Waals surface area contributed by atoms with Gasteiger partial charge in [-0.3, -0.25) is 0 Å². The minimum absolute atomic E-state index is 0.331. The highest BCUT2D eigenvalue weighted by Gasteiger charge is 2.30. The van der Waals surface area contributed by atoms with E-state index >= 15 is 0 Å². The van der Waals surface area contributed by atoms with Gasteiger partial charge in [0.05, 0.1) is 12.1 Å². The fourth-order valence-corrected chi connectivity index (χ4v) is 1.97. The van der Waals surface area contributed by atoms with Crippen molar-refractivity contribution in [2.75, 3.05) is 0 Å². The predicted molar refractivity (Wildman–Crippen MR) is 64.9 cm³/mol. The molecule has 18 heavy (non-hydrogen) atoms. The van der Waals surface area contributed by atoms with Crippen LogP contribution in [0.1, 0.15) is 16.8 Å². The highest BCUT2D eigenvalue weighted by atomic mass is 32.1. The summed E-state index contributed by atoms with van der Waals surface area (Å²) in [6, 6.07) is 5.27. The Bertz CT molecular complexity index is 610. The summed E-state index contributed by atoms with van der Waals surface area (Å²) in [6.07, 6.45) is -2.58. The molecule has 0 atom stereocenters. The van der Waals surface area contributed by atoms with Gasteiger partial charge in [0.25, 0.3) is 0 Å². The molecule has 2 rings (SSSR count). The van der Waals surface area contributed by atoms with Gasteiger partial charge in [-0.05, 0) is 36.8 Å². The molecule has 1 heterocycles. The van der Waals surface area contributed by atoms with E-state index in [1.54, 1.807) is 16.8 Å². The van der Waals surface area contributed by atoms with E-state index in [1.807, 2.05) is 6.92 Å². The molecule has 96 valence electrons. The number of benzene rings is 1. The van der Waals surface area contributed by atoms with Crippen molar-refractivity contribution < 1.29 is 13.2 Å². The number of hydrogen-bond acceptors (Lipinski definition) is 1. The van der Waals surface area contributed by atoms with Gasteiger partial charge < -0.3 is 9.55 Å². The predicted octanol–water partition coefficient (Wildman–Crippen LogP) is 3.92. The average molecular weight is 272 g/mol. The number of rotatable bonds is 2. The first kappa shape index (κ1) is 12.9. The Kier molecular flexibility index (Phi) is 3.30. The summed E-state index contributed by atoms with van der Waals surface area (Å²) in [5, 5.41) is 0. The molecular weight excluding hydrogens is 261 g/mol. The number of nitrogens with one attached hydrogen (secondary N) is 1. The molecule has 1 aromatic heterocycles. The Labute approximate surface area is 107 Å². The highest BCUT2D eigenvalue weighted by Crippen LogP contribution is 2.29. The van der Waals surface area contributed by atoms with Gasteiger partial charge in [-0.15, -0.1) is 0 Å². The van der Waals surface area contributed by atoms with Crippen LogP contribution in [0, 0.1) is 11.7 Å². The van der Waals surface area contributed by atoms with E-state index in [0.717, 1.165) is 17.8 Å². The fourth-order valence-electron chi connectivity index (χ4n) is 1.71. The summed E-state index contributed by atoms with van der Waals surface area (Å²) in [5.74, 6) is 0. The minimum atomic E-state index is -4.31. The molecule has 0 saturated heterocycles. The maximum atomic E-state index is 12.6. The SMILES string of the molecule is Cc1c[nH]c(=S)n1Cc1cccc(C(F)(F)F)c1. The van der Waals surface area contributed by atoms with Gasteiger partial charge in [-0.2, -0.15) is 13.2 Å². The van der Waals surface area contributed by atoms with Gasteiger partial charge in [0.2, 0.25) is 0 Å². The first-order valence-electron chi connectivity index (χ1n) is 5.29. The van der Waals surface area contributed by atoms with Crippen molar-refractivity contribution in [2.45, 2.75) is 19.6 Å². The second-order valence-corrected chi connectivity index (χ2v) is 4.41. The van der Waals surface area contributed by atoms with Crippen LogP contribution in [-0.2, 0) is 12.7 Å². The summed E-state index contributed by atoms with van der Waals surface area (Å²) in [6.45, 7) is 2.18. The molecule has 6 heteroatoms. The van der Waals surface area contributed by atoms with Crippen molar-refractivity contribution in [1.29, 1.82) is 0 Å². The largest absolute Gasteiger partial charge is 0.416 e. The number of halogens is 3. The molecule has 0 unspecified atom stereocenters. The Morgan fingerprint density at radius 1 is 1.33 bits per heavy atom. The molecule has 2 aromatic rings. The van der Waals surface area contributed by atoms with Crippen LogP contribution < -0.4 is 0 Å². The quantitative estimate of drug-likeness (QED) is 0.822. The molecule has 0 bridgehead atoms. The zero-order chi connectivity index (χ0) is 13.3. The zero-order valence-electron chi connectivity index (χ0n) is 9.58. The monoisotopic (exact) mass is 272 g/mol. The van der Waals surface area contributed by atoms with Gasteiger partial charge >= 0.3 is 6.18 Å². The van der Waals surface area contributed by atoms with E-state index in [9.17, 15) is 13.2 Å². The van der Waals surface area contributed by atoms with Crippen LogP contribution >= 0.6 is 12.2 Å². The van der Waals surface area contributed by atoms with Gasteiger partial charge in [0.15, 0.2) is 4.77 Å². The first-order chi connectivity index (χ1) is 8.38. The summed E-state index contributed by atoms with van der Waals surface area (Å²) in [5.41, 5.74) is 0.820. The van der Waals surface area contributed by atoms with Crippen LogP contribution in [0.2, 0.25) is 0 Å². The molecule has 2 nitrogen and oxygen atoms in total. The van der Waals surface area contributed by atoms with Crippen LogP contribution in [0.25, 0.3) is 0 Å². The Balaban J connectivity index is 2.34. The van der Waals surface area contributed by atoms with Crippen LogP contribution in [-0.4, -0.2) is 9.55 Å². The molecular formula is C12H11F3N2S. The number of H-pyrrole nitrogens is 1. The van der Waals surface area contributed by atoms with Crippen molar-refractivity contribution in [3.05, 3.63) is 52.1 Å². The molecule has 0 fully saturated rings. The lowest BCUT2D eigenvalue weighted by Crippen LogP contribution is -2.07. The number of aryl methyl sites for hydroxylation is 1. The van der Waals surface area contributed by atoms with Crippen LogP contribution in [0.15, 0.2) is 30.5 Å². The Hall–Kier alpha value is -1.56. The van der Waals surface area contributed by atoms with Crippen molar-refractivity contribution in [3.63, 3.8) is 0 Å². The fraction of sp³-hybridized carbons (Fsp3) is 0.250. The van der Waals surface area contributed by atoms with Crippen molar-refractivity contribution >= 4 is 12.2 Å². The lowest BCUT2D eigenvalue weighted by Gasteiger charge is -2.10. The standard InChI is InChI=1S/C12H11F3N2S/c1-8-6-16-11(18)17(8)7-9-3-2-4-10(5-9)12(13,14)15/h2-6H,7H2,1H3,(H,16,18). The van der Waals surface area contributed by atoms with E-state index in [2.05, 4.69) is 4.98 Å². The second-order valence-electron chi connectivity index (χ2n) is 4.02. The molecule has 1 N–H and O–H groups in total. The number of alkyl halides is 3. The van der Waals surface area contributed by atoms with E-state index in [1.165, 1.54) is 6.07 Å². The molecule has 1 aromatic carbocycles. The minimum Gasteiger partial charge on any atom is -0.337 e. The molecule has 0 aliphatic carbocycles. The van der Waals surface area contributed by atoms with E-state index in [0.29, 0.717) is 16.9 Å². The lowest BCUT2D eigenvalue weighted by atomic mass is 10.1. The van der Waals surface area contributed by atoms with E-state index in [-0.39, 0.29) is 0 Å². The number of aromatic nitrogens is 2. The number of aromatic amines is 1. The molecule has 0 radical (unpaired) electrons. The highest BCUT2D eigenvalue weighted by molar-refractivity contribution is 7.71. The average Bonchev–Trinajstić information content (AvgIpc) is 2.60. The Morgan fingerprint density at radius 3 is 2.61 bits per heavy atom. The molecule has 0 aliphatic heterocycles. The summed E-state index contributed by atoms with van der Waals surface area (Å²) < 4.78 is 40.0. The van der Waals surface area contributed by atoms with Gasteiger partial charge in [0.1, 0.15) is 0 Å². The third kappa shape index (κ3) is 2.64. The van der Waals surface area contributed by atoms with Crippen LogP contribution in [0.4, 0.5) is 13.2 Å². The van der Waals surface area contributed by atoms with Crippen molar-refractivity contribution in [2.24, 2.45) is 0 Å². The van der Waals surface area contributed by atoms with Gasteiger partial charge in [-0.1, -0.05) is 12.1 Å². The van der Waals surface area contributed by atoms with Gasteiger partial charge in [0, 0.05) is 11.9 Å². The van der Waals surface area contributed by atoms with Crippen LogP contribution in [0.3, 0.4) is 0 Å². The Morgan fingerprint density at radius 2 is 2.06 bits per heavy atom. The molecule has 0 saturated carbocycles. The van der Waals surface area contributed by atoms with E-state index in [4.69, 9.17) is 12.2 Å². The van der Waals surface area contributed by atoms with Crippen molar-refractivity contribution in [3.8, 4) is 0 Å². The number of hydrogen-bond donors (Lipinski definition) is 1. The maximum Gasteiger partial charge on any atom is 0.416 e. The number of nitrogens with zero attached hydrogens (tertiary/aromatic N) is 1. The first-order valence-corrected chi connectivity index (χ1v) is 5.70. The summed E-state index contributed by atoms with van der Waals surface area (Å²) in [4.78, 5) is 2.86. The zero-order valence-corrected chi connectivity index (χ0v) is 10.4. The third-order valence-corrected chi connectivity index (χ3v) is 3.01. The second kappa shape index (κ2) is 4.61. The van der Waals surface area contributed by atoms with Gasteiger partial charge in [-0.25, -0.2) is 0 Å². The normalized spacial score (nSPS) is 11.8. The molecule has 0 aliphatic rings. The summed E-state index contributed by atoms with van der Waals surface area (Å²) in [7, 11) is 0. The third-order valence-electron chi connectivity index (χ3n) is 2.67. The van der Waals surface area contributed by atoms with Crippen LogP contribution in [0.5, 0.6) is 0 Å². The number of imidazole rings is 1. The lowest BCUT2D eigenvalue weighted by molar-refractivity contribution is -0.137. The maximum absolute atomic E-state index is 12.6. The summed E-state index contributed by atoms with van der Waals surface area (Å²) >= 11 is 5.06.